The second-order valence-electron chi connectivity index (χ2n) is 5.42. The van der Waals surface area contributed by atoms with E-state index in [1.165, 1.54) is 30.6 Å². The first-order valence-corrected chi connectivity index (χ1v) is 6.93. The van der Waals surface area contributed by atoms with E-state index >= 15 is 0 Å². The van der Waals surface area contributed by atoms with E-state index in [2.05, 4.69) is 42.8 Å². The molecule has 0 radical (unpaired) electrons. The largest absolute Gasteiger partial charge is 0.399 e. The van der Waals surface area contributed by atoms with Crippen LogP contribution >= 0.6 is 0 Å². The summed E-state index contributed by atoms with van der Waals surface area (Å²) in [5.41, 5.74) is 9.46. The second kappa shape index (κ2) is 5.61. The van der Waals surface area contributed by atoms with Crippen molar-refractivity contribution in [3.05, 3.63) is 23.8 Å². The van der Waals surface area contributed by atoms with Gasteiger partial charge in [0.15, 0.2) is 0 Å². The maximum Gasteiger partial charge on any atom is 0.0419 e. The van der Waals surface area contributed by atoms with E-state index in [4.69, 9.17) is 5.73 Å². The molecular weight excluding hydrogens is 222 g/mol. The quantitative estimate of drug-likeness (QED) is 0.815. The summed E-state index contributed by atoms with van der Waals surface area (Å²) in [5, 5.41) is 0. The molecule has 0 aromatic heterocycles. The van der Waals surface area contributed by atoms with E-state index in [1.54, 1.807) is 0 Å². The fraction of sp³-hybridized carbons (Fsp3) is 0.600. The van der Waals surface area contributed by atoms with Crippen molar-refractivity contribution in [1.29, 1.82) is 0 Å². The van der Waals surface area contributed by atoms with Gasteiger partial charge in [-0.15, -0.1) is 0 Å². The molecule has 0 saturated carbocycles. The van der Waals surface area contributed by atoms with Gasteiger partial charge in [-0.1, -0.05) is 13.0 Å². The fourth-order valence-corrected chi connectivity index (χ4v) is 2.85. The molecule has 18 heavy (non-hydrogen) atoms. The zero-order chi connectivity index (χ0) is 13.1. The van der Waals surface area contributed by atoms with Crippen LogP contribution in [0.25, 0.3) is 0 Å². The fourth-order valence-electron chi connectivity index (χ4n) is 2.85. The standard InChI is InChI=1S/C15H25N3/c1-4-14-11-17(3)8-5-9-18(14)15-10-13(16)7-6-12(15)2/h6-7,10,14H,4-5,8-9,11,16H2,1-3H3. The Morgan fingerprint density at radius 1 is 1.33 bits per heavy atom. The number of hydrogen-bond donors (Lipinski definition) is 1. The number of aryl methyl sites for hydroxylation is 1. The first-order chi connectivity index (χ1) is 8.61. The van der Waals surface area contributed by atoms with Crippen molar-refractivity contribution < 1.29 is 0 Å². The van der Waals surface area contributed by atoms with Crippen LogP contribution in [-0.2, 0) is 0 Å². The SMILES string of the molecule is CCC1CN(C)CCCN1c1cc(N)ccc1C. The van der Waals surface area contributed by atoms with E-state index in [1.807, 2.05) is 6.07 Å². The zero-order valence-electron chi connectivity index (χ0n) is 11.8. The van der Waals surface area contributed by atoms with Gasteiger partial charge in [-0.25, -0.2) is 0 Å². The summed E-state index contributed by atoms with van der Waals surface area (Å²) >= 11 is 0. The molecule has 1 saturated heterocycles. The van der Waals surface area contributed by atoms with Gasteiger partial charge < -0.3 is 15.5 Å². The van der Waals surface area contributed by atoms with Gasteiger partial charge in [0.2, 0.25) is 0 Å². The zero-order valence-corrected chi connectivity index (χ0v) is 11.8. The van der Waals surface area contributed by atoms with Crippen LogP contribution in [0.2, 0.25) is 0 Å². The predicted octanol–water partition coefficient (Wildman–Crippen LogP) is 2.50. The molecule has 1 heterocycles. The molecule has 1 aliphatic heterocycles. The Labute approximate surface area is 111 Å². The molecule has 100 valence electrons. The molecule has 1 unspecified atom stereocenters. The molecule has 0 spiro atoms. The smallest absolute Gasteiger partial charge is 0.0419 e. The molecule has 0 bridgehead atoms. The van der Waals surface area contributed by atoms with Gasteiger partial charge in [0.05, 0.1) is 0 Å². The Bertz CT molecular complexity index is 403. The first kappa shape index (κ1) is 13.2. The summed E-state index contributed by atoms with van der Waals surface area (Å²) in [5.74, 6) is 0. The molecule has 2 N–H and O–H groups in total. The molecule has 0 amide bonds. The maximum absolute atomic E-state index is 5.95. The van der Waals surface area contributed by atoms with Crippen molar-refractivity contribution in [3.8, 4) is 0 Å². The molecular formula is C15H25N3. The average molecular weight is 247 g/mol. The number of nitrogens with two attached hydrogens (primary N) is 1. The van der Waals surface area contributed by atoms with Crippen molar-refractivity contribution in [2.24, 2.45) is 0 Å². The summed E-state index contributed by atoms with van der Waals surface area (Å²) in [4.78, 5) is 4.99. The maximum atomic E-state index is 5.95. The second-order valence-corrected chi connectivity index (χ2v) is 5.42. The number of benzene rings is 1. The Kier molecular flexibility index (Phi) is 4.12. The summed E-state index contributed by atoms with van der Waals surface area (Å²) < 4.78 is 0. The van der Waals surface area contributed by atoms with Crippen LogP contribution < -0.4 is 10.6 Å². The number of likely N-dealkylation sites (N-methyl/N-ethyl adjacent to an activating group) is 1. The highest BCUT2D eigenvalue weighted by Crippen LogP contribution is 2.27. The van der Waals surface area contributed by atoms with Crippen LogP contribution in [0.4, 0.5) is 11.4 Å². The number of anilines is 2. The molecule has 1 aromatic carbocycles. The summed E-state index contributed by atoms with van der Waals surface area (Å²) in [7, 11) is 2.22. The third-order valence-corrected chi connectivity index (χ3v) is 3.92. The van der Waals surface area contributed by atoms with Crippen LogP contribution in [-0.4, -0.2) is 37.6 Å². The van der Waals surface area contributed by atoms with Gasteiger partial charge in [-0.2, -0.15) is 0 Å². The third kappa shape index (κ3) is 2.78. The lowest BCUT2D eigenvalue weighted by atomic mass is 10.1. The summed E-state index contributed by atoms with van der Waals surface area (Å²) in [6.07, 6.45) is 2.40. The lowest BCUT2D eigenvalue weighted by Crippen LogP contribution is -2.40. The van der Waals surface area contributed by atoms with Crippen LogP contribution in [0.5, 0.6) is 0 Å². The van der Waals surface area contributed by atoms with Crippen molar-refractivity contribution in [1.82, 2.24) is 4.90 Å². The lowest BCUT2D eigenvalue weighted by molar-refractivity contribution is 0.328. The highest BCUT2D eigenvalue weighted by Gasteiger charge is 2.23. The van der Waals surface area contributed by atoms with E-state index in [0.29, 0.717) is 6.04 Å². The van der Waals surface area contributed by atoms with Gasteiger partial charge >= 0.3 is 0 Å². The highest BCUT2D eigenvalue weighted by atomic mass is 15.2. The third-order valence-electron chi connectivity index (χ3n) is 3.92. The predicted molar refractivity (Wildman–Crippen MR) is 79.1 cm³/mol. The van der Waals surface area contributed by atoms with Crippen molar-refractivity contribution >= 4 is 11.4 Å². The Balaban J connectivity index is 2.31. The van der Waals surface area contributed by atoms with Gasteiger partial charge in [-0.3, -0.25) is 0 Å². The van der Waals surface area contributed by atoms with Crippen molar-refractivity contribution in [3.63, 3.8) is 0 Å². The molecule has 0 aliphatic carbocycles. The van der Waals surface area contributed by atoms with Crippen LogP contribution in [0.3, 0.4) is 0 Å². The Morgan fingerprint density at radius 3 is 2.83 bits per heavy atom. The summed E-state index contributed by atoms with van der Waals surface area (Å²) in [6, 6.07) is 6.84. The number of nitrogen functional groups attached to an aromatic ring is 1. The van der Waals surface area contributed by atoms with Gasteiger partial charge in [-0.05, 0) is 51.1 Å². The molecule has 1 fully saturated rings. The average Bonchev–Trinajstić information content (AvgIpc) is 2.53. The van der Waals surface area contributed by atoms with E-state index in [9.17, 15) is 0 Å². The molecule has 1 aromatic rings. The Hall–Kier alpha value is -1.22. The molecule has 1 aliphatic rings. The van der Waals surface area contributed by atoms with E-state index in [-0.39, 0.29) is 0 Å². The summed E-state index contributed by atoms with van der Waals surface area (Å²) in [6.45, 7) is 7.92. The minimum atomic E-state index is 0.595. The number of rotatable bonds is 2. The highest BCUT2D eigenvalue weighted by molar-refractivity contribution is 5.61. The van der Waals surface area contributed by atoms with Crippen molar-refractivity contribution in [2.75, 3.05) is 37.3 Å². The molecule has 3 heteroatoms. The number of hydrogen-bond acceptors (Lipinski definition) is 3. The topological polar surface area (TPSA) is 32.5 Å². The molecule has 2 rings (SSSR count). The van der Waals surface area contributed by atoms with Crippen LogP contribution in [0.15, 0.2) is 18.2 Å². The first-order valence-electron chi connectivity index (χ1n) is 6.93. The van der Waals surface area contributed by atoms with Gasteiger partial charge in [0.1, 0.15) is 0 Å². The Morgan fingerprint density at radius 2 is 2.11 bits per heavy atom. The molecule has 1 atom stereocenters. The lowest BCUT2D eigenvalue weighted by Gasteiger charge is -2.33. The van der Waals surface area contributed by atoms with Crippen LogP contribution in [0.1, 0.15) is 25.3 Å². The minimum absolute atomic E-state index is 0.595. The normalized spacial score (nSPS) is 21.9. The van der Waals surface area contributed by atoms with Gasteiger partial charge in [0.25, 0.3) is 0 Å². The minimum Gasteiger partial charge on any atom is -0.399 e. The van der Waals surface area contributed by atoms with Crippen LogP contribution in [0, 0.1) is 6.92 Å². The van der Waals surface area contributed by atoms with E-state index < -0.39 is 0 Å². The molecule has 3 nitrogen and oxygen atoms in total. The number of nitrogens with zero attached hydrogens (tertiary/aromatic N) is 2. The van der Waals surface area contributed by atoms with Crippen molar-refractivity contribution in [2.45, 2.75) is 32.7 Å². The van der Waals surface area contributed by atoms with E-state index in [0.717, 1.165) is 18.8 Å². The monoisotopic (exact) mass is 247 g/mol. The van der Waals surface area contributed by atoms with Gasteiger partial charge in [0, 0.05) is 30.5 Å².